The molecular formula is C9H14ClN3OS. The van der Waals surface area contributed by atoms with Crippen molar-refractivity contribution in [1.29, 1.82) is 0 Å². The summed E-state index contributed by atoms with van der Waals surface area (Å²) in [5.74, 6) is 0.626. The summed E-state index contributed by atoms with van der Waals surface area (Å²) in [7, 11) is -0.779. The van der Waals surface area contributed by atoms with E-state index in [1.165, 1.54) is 12.5 Å². The first-order valence-corrected chi connectivity index (χ1v) is 6.62. The molecule has 2 atom stereocenters. The third-order valence-corrected chi connectivity index (χ3v) is 3.72. The van der Waals surface area contributed by atoms with Crippen molar-refractivity contribution in [3.63, 3.8) is 0 Å². The maximum Gasteiger partial charge on any atom is 0.148 e. The monoisotopic (exact) mass is 247 g/mol. The average Bonchev–Trinajstić information content (AvgIpc) is 2.20. The molecule has 0 saturated carbocycles. The van der Waals surface area contributed by atoms with Gasteiger partial charge in [0.25, 0.3) is 0 Å². The van der Waals surface area contributed by atoms with Crippen LogP contribution in [0, 0.1) is 0 Å². The minimum atomic E-state index is -0.779. The van der Waals surface area contributed by atoms with Crippen LogP contribution in [-0.4, -0.2) is 32.2 Å². The van der Waals surface area contributed by atoms with Gasteiger partial charge in [0.2, 0.25) is 0 Å². The first-order valence-electron chi connectivity index (χ1n) is 4.63. The van der Waals surface area contributed by atoms with Gasteiger partial charge >= 0.3 is 0 Å². The van der Waals surface area contributed by atoms with Gasteiger partial charge in [0.15, 0.2) is 0 Å². The molecule has 4 nitrogen and oxygen atoms in total. The largest absolute Gasteiger partial charge is 0.369 e. The highest BCUT2D eigenvalue weighted by Crippen LogP contribution is 2.15. The molecule has 6 heteroatoms. The fraction of sp³-hybridized carbons (Fsp3) is 0.556. The lowest BCUT2D eigenvalue weighted by Gasteiger charge is -2.09. The molecule has 1 rings (SSSR count). The van der Waals surface area contributed by atoms with Gasteiger partial charge in [0, 0.05) is 28.9 Å². The first kappa shape index (κ1) is 12.4. The van der Waals surface area contributed by atoms with Crippen molar-refractivity contribution in [2.75, 3.05) is 18.1 Å². The summed E-state index contributed by atoms with van der Waals surface area (Å²) < 4.78 is 11.1. The van der Waals surface area contributed by atoms with Gasteiger partial charge in [-0.05, 0) is 6.42 Å². The van der Waals surface area contributed by atoms with Crippen LogP contribution in [0.3, 0.4) is 0 Å². The Morgan fingerprint density at radius 3 is 3.00 bits per heavy atom. The highest BCUT2D eigenvalue weighted by molar-refractivity contribution is 7.84. The Balaban J connectivity index is 2.38. The van der Waals surface area contributed by atoms with Gasteiger partial charge in [-0.1, -0.05) is 18.5 Å². The van der Waals surface area contributed by atoms with Gasteiger partial charge in [-0.15, -0.1) is 0 Å². The van der Waals surface area contributed by atoms with E-state index >= 15 is 0 Å². The molecule has 1 N–H and O–H groups in total. The predicted octanol–water partition coefficient (Wildman–Crippen LogP) is 1.70. The van der Waals surface area contributed by atoms with E-state index in [-0.39, 0.29) is 5.25 Å². The van der Waals surface area contributed by atoms with E-state index in [9.17, 15) is 4.21 Å². The van der Waals surface area contributed by atoms with Crippen molar-refractivity contribution in [3.05, 3.63) is 17.5 Å². The standard InChI is InChI=1S/C9H14ClN3OS/c1-7(15(2)14)3-4-12-9-8(10)5-11-6-13-9/h5-7H,3-4H2,1-2H3,(H,11,12,13). The van der Waals surface area contributed by atoms with Gasteiger partial charge < -0.3 is 5.32 Å². The van der Waals surface area contributed by atoms with E-state index in [2.05, 4.69) is 15.3 Å². The second-order valence-electron chi connectivity index (χ2n) is 3.24. The van der Waals surface area contributed by atoms with E-state index in [0.29, 0.717) is 17.4 Å². The van der Waals surface area contributed by atoms with E-state index in [1.807, 2.05) is 6.92 Å². The van der Waals surface area contributed by atoms with Crippen LogP contribution in [0.15, 0.2) is 12.5 Å². The van der Waals surface area contributed by atoms with Crippen LogP contribution >= 0.6 is 11.6 Å². The fourth-order valence-corrected chi connectivity index (χ4v) is 1.62. The van der Waals surface area contributed by atoms with Crippen LogP contribution in [0.2, 0.25) is 5.02 Å². The summed E-state index contributed by atoms with van der Waals surface area (Å²) in [4.78, 5) is 7.77. The Kier molecular flexibility index (Phi) is 4.98. The highest BCUT2D eigenvalue weighted by Gasteiger charge is 2.06. The quantitative estimate of drug-likeness (QED) is 0.861. The molecule has 0 radical (unpaired) electrons. The van der Waals surface area contributed by atoms with Crippen molar-refractivity contribution in [1.82, 2.24) is 9.97 Å². The van der Waals surface area contributed by atoms with Gasteiger partial charge in [0.1, 0.15) is 17.2 Å². The fourth-order valence-electron chi connectivity index (χ4n) is 1.00. The summed E-state index contributed by atoms with van der Waals surface area (Å²) in [5, 5.41) is 3.76. The number of nitrogens with zero attached hydrogens (tertiary/aromatic N) is 2. The highest BCUT2D eigenvalue weighted by atomic mass is 35.5. The summed E-state index contributed by atoms with van der Waals surface area (Å²) in [6, 6.07) is 0. The number of hydrogen-bond donors (Lipinski definition) is 1. The third-order valence-electron chi connectivity index (χ3n) is 2.08. The first-order chi connectivity index (χ1) is 7.11. The normalized spacial score (nSPS) is 14.6. The lowest BCUT2D eigenvalue weighted by atomic mass is 10.3. The molecule has 0 aromatic carbocycles. The zero-order valence-corrected chi connectivity index (χ0v) is 10.3. The molecular weight excluding hydrogens is 234 g/mol. The molecule has 0 aliphatic heterocycles. The van der Waals surface area contributed by atoms with Crippen molar-refractivity contribution in [2.45, 2.75) is 18.6 Å². The number of anilines is 1. The van der Waals surface area contributed by atoms with Crippen LogP contribution < -0.4 is 5.32 Å². The SMILES string of the molecule is CC(CCNc1ncncc1Cl)S(C)=O. The Hall–Kier alpha value is -0.680. The van der Waals surface area contributed by atoms with Crippen molar-refractivity contribution in [3.8, 4) is 0 Å². The average molecular weight is 248 g/mol. The Morgan fingerprint density at radius 2 is 2.40 bits per heavy atom. The van der Waals surface area contributed by atoms with E-state index in [4.69, 9.17) is 11.6 Å². The number of aromatic nitrogens is 2. The zero-order chi connectivity index (χ0) is 11.3. The second-order valence-corrected chi connectivity index (χ2v) is 5.45. The van der Waals surface area contributed by atoms with E-state index < -0.39 is 10.8 Å². The predicted molar refractivity (Wildman–Crippen MR) is 63.7 cm³/mol. The van der Waals surface area contributed by atoms with Crippen LogP contribution in [0.25, 0.3) is 0 Å². The molecule has 0 fully saturated rings. The lowest BCUT2D eigenvalue weighted by Crippen LogP contribution is -2.15. The maximum absolute atomic E-state index is 11.1. The molecule has 0 bridgehead atoms. The number of nitrogens with one attached hydrogen (secondary N) is 1. The summed E-state index contributed by atoms with van der Waals surface area (Å²) in [6.45, 7) is 2.66. The molecule has 1 heterocycles. The molecule has 2 unspecified atom stereocenters. The van der Waals surface area contributed by atoms with Crippen molar-refractivity contribution in [2.24, 2.45) is 0 Å². The number of hydrogen-bond acceptors (Lipinski definition) is 4. The zero-order valence-electron chi connectivity index (χ0n) is 8.74. The number of halogens is 1. The molecule has 84 valence electrons. The van der Waals surface area contributed by atoms with Gasteiger partial charge in [0.05, 0.1) is 6.20 Å². The minimum Gasteiger partial charge on any atom is -0.369 e. The molecule has 1 aromatic heterocycles. The minimum absolute atomic E-state index is 0.179. The molecule has 0 amide bonds. The summed E-state index contributed by atoms with van der Waals surface area (Å²) in [6.07, 6.45) is 5.51. The number of rotatable bonds is 5. The lowest BCUT2D eigenvalue weighted by molar-refractivity contribution is 0.672. The van der Waals surface area contributed by atoms with Crippen LogP contribution in [0.1, 0.15) is 13.3 Å². The van der Waals surface area contributed by atoms with Crippen LogP contribution in [0.4, 0.5) is 5.82 Å². The summed E-state index contributed by atoms with van der Waals surface area (Å²) in [5.41, 5.74) is 0. The molecule has 0 saturated heterocycles. The second kappa shape index (κ2) is 6.02. The van der Waals surface area contributed by atoms with Crippen molar-refractivity contribution >= 4 is 28.2 Å². The van der Waals surface area contributed by atoms with Crippen LogP contribution in [-0.2, 0) is 10.8 Å². The van der Waals surface area contributed by atoms with Crippen molar-refractivity contribution < 1.29 is 4.21 Å². The van der Waals surface area contributed by atoms with E-state index in [1.54, 1.807) is 6.26 Å². The molecule has 0 aliphatic rings. The smallest absolute Gasteiger partial charge is 0.148 e. The Labute approximate surface area is 96.9 Å². The van der Waals surface area contributed by atoms with Gasteiger partial charge in [-0.2, -0.15) is 0 Å². The van der Waals surface area contributed by atoms with Crippen LogP contribution in [0.5, 0.6) is 0 Å². The van der Waals surface area contributed by atoms with Gasteiger partial charge in [-0.25, -0.2) is 9.97 Å². The molecule has 0 aliphatic carbocycles. The maximum atomic E-state index is 11.1. The molecule has 0 spiro atoms. The summed E-state index contributed by atoms with van der Waals surface area (Å²) >= 11 is 5.85. The molecule has 1 aromatic rings. The van der Waals surface area contributed by atoms with Gasteiger partial charge in [-0.3, -0.25) is 4.21 Å². The molecule has 15 heavy (non-hydrogen) atoms. The third kappa shape index (κ3) is 4.13. The van der Waals surface area contributed by atoms with E-state index in [0.717, 1.165) is 6.42 Å². The Bertz CT molecular complexity index is 348. The Morgan fingerprint density at radius 1 is 1.67 bits per heavy atom. The topological polar surface area (TPSA) is 54.9 Å².